The molecule has 1 saturated carbocycles. The lowest BCUT2D eigenvalue weighted by molar-refractivity contribution is 0.260. The van der Waals surface area contributed by atoms with Crippen LogP contribution < -0.4 is 10.1 Å². The number of aromatic amines is 2. The topological polar surface area (TPSA) is 94.8 Å². The molecule has 0 amide bonds. The third kappa shape index (κ3) is 5.88. The van der Waals surface area contributed by atoms with E-state index in [0.29, 0.717) is 18.0 Å². The third-order valence-electron chi connectivity index (χ3n) is 8.47. The van der Waals surface area contributed by atoms with Crippen molar-refractivity contribution in [2.45, 2.75) is 25.7 Å². The lowest BCUT2D eigenvalue weighted by Gasteiger charge is -2.12. The first-order chi connectivity index (χ1) is 21.5. The van der Waals surface area contributed by atoms with Gasteiger partial charge in [-0.05, 0) is 80.4 Å². The molecule has 2 aromatic carbocycles. The van der Waals surface area contributed by atoms with Crippen molar-refractivity contribution in [1.82, 2.24) is 30.0 Å². The zero-order valence-electron chi connectivity index (χ0n) is 25.0. The smallest absolute Gasteiger partial charge is 0.155 e. The minimum absolute atomic E-state index is 0.334. The zero-order valence-corrected chi connectivity index (χ0v) is 25.0. The minimum atomic E-state index is -0.334. The molecular weight excluding hydrogens is 553 g/mol. The summed E-state index contributed by atoms with van der Waals surface area (Å²) in [5, 5.41) is 13.2. The van der Waals surface area contributed by atoms with Crippen molar-refractivity contribution in [2.24, 2.45) is 5.92 Å². The van der Waals surface area contributed by atoms with E-state index < -0.39 is 0 Å². The number of halogens is 1. The normalized spacial score (nSPS) is 13.8. The molecule has 1 aliphatic rings. The highest BCUT2D eigenvalue weighted by molar-refractivity contribution is 6.01. The molecule has 0 bridgehead atoms. The molecule has 0 saturated heterocycles. The van der Waals surface area contributed by atoms with Crippen LogP contribution in [0.4, 0.5) is 10.1 Å². The van der Waals surface area contributed by atoms with E-state index in [4.69, 9.17) is 4.74 Å². The number of ether oxygens (including phenoxy) is 1. The van der Waals surface area contributed by atoms with Crippen LogP contribution in [0.5, 0.6) is 5.75 Å². The molecular formula is C35H36FN7O. The molecule has 0 spiro atoms. The number of nitrogens with one attached hydrogen (secondary N) is 3. The van der Waals surface area contributed by atoms with E-state index in [2.05, 4.69) is 48.7 Å². The molecule has 3 N–H and O–H groups in total. The lowest BCUT2D eigenvalue weighted by atomic mass is 10.0. The van der Waals surface area contributed by atoms with Gasteiger partial charge in [0.2, 0.25) is 0 Å². The Morgan fingerprint density at radius 1 is 0.955 bits per heavy atom. The number of aromatic nitrogens is 5. The first-order valence-corrected chi connectivity index (χ1v) is 15.2. The number of pyridine rings is 2. The van der Waals surface area contributed by atoms with Crippen LogP contribution in [0.15, 0.2) is 73.2 Å². The van der Waals surface area contributed by atoms with Crippen molar-refractivity contribution in [3.05, 3.63) is 79.0 Å². The predicted octanol–water partition coefficient (Wildman–Crippen LogP) is 7.52. The number of H-pyrrole nitrogens is 2. The van der Waals surface area contributed by atoms with E-state index in [1.807, 2.05) is 61.9 Å². The van der Waals surface area contributed by atoms with Crippen LogP contribution in [-0.2, 0) is 0 Å². The number of fused-ring (bicyclic) bond motifs is 2. The average molecular weight is 590 g/mol. The molecule has 0 aliphatic heterocycles. The summed E-state index contributed by atoms with van der Waals surface area (Å²) in [5.41, 5.74) is 7.91. The van der Waals surface area contributed by atoms with Crippen molar-refractivity contribution in [2.75, 3.05) is 39.1 Å². The number of hydrogen-bond donors (Lipinski definition) is 3. The highest BCUT2D eigenvalue weighted by Gasteiger charge is 2.17. The molecule has 224 valence electrons. The van der Waals surface area contributed by atoms with Crippen molar-refractivity contribution in [1.29, 1.82) is 0 Å². The number of hydrogen-bond acceptors (Lipinski definition) is 6. The molecule has 7 rings (SSSR count). The Balaban J connectivity index is 1.20. The summed E-state index contributed by atoms with van der Waals surface area (Å²) in [7, 11) is 3.96. The lowest BCUT2D eigenvalue weighted by Crippen LogP contribution is -2.19. The second kappa shape index (κ2) is 12.1. The van der Waals surface area contributed by atoms with E-state index >= 15 is 0 Å². The number of anilines is 1. The van der Waals surface area contributed by atoms with Gasteiger partial charge < -0.3 is 19.9 Å². The summed E-state index contributed by atoms with van der Waals surface area (Å²) in [6.07, 6.45) is 10.9. The summed E-state index contributed by atoms with van der Waals surface area (Å²) < 4.78 is 20.5. The highest BCUT2D eigenvalue weighted by Crippen LogP contribution is 2.36. The first-order valence-electron chi connectivity index (χ1n) is 15.2. The van der Waals surface area contributed by atoms with Crippen molar-refractivity contribution in [3.8, 4) is 39.4 Å². The van der Waals surface area contributed by atoms with Gasteiger partial charge in [0.25, 0.3) is 0 Å². The Kier molecular flexibility index (Phi) is 7.70. The maximum atomic E-state index is 14.7. The molecule has 9 heteroatoms. The fraction of sp³-hybridized carbons (Fsp3) is 0.286. The van der Waals surface area contributed by atoms with Crippen LogP contribution >= 0.6 is 0 Å². The van der Waals surface area contributed by atoms with Gasteiger partial charge in [-0.2, -0.15) is 5.10 Å². The molecule has 4 aromatic heterocycles. The van der Waals surface area contributed by atoms with Gasteiger partial charge in [-0.15, -0.1) is 0 Å². The number of likely N-dealkylation sites (N-methyl/N-ethyl adjacent to an activating group) is 1. The van der Waals surface area contributed by atoms with Crippen molar-refractivity contribution >= 4 is 27.6 Å². The van der Waals surface area contributed by atoms with E-state index in [1.54, 1.807) is 6.07 Å². The highest BCUT2D eigenvalue weighted by atomic mass is 19.1. The Morgan fingerprint density at radius 2 is 1.82 bits per heavy atom. The molecule has 0 atom stereocenters. The Hall–Kier alpha value is -4.76. The summed E-state index contributed by atoms with van der Waals surface area (Å²) in [6.45, 7) is 2.21. The monoisotopic (exact) mass is 589 g/mol. The summed E-state index contributed by atoms with van der Waals surface area (Å²) >= 11 is 0. The zero-order chi connectivity index (χ0) is 30.0. The molecule has 0 unspecified atom stereocenters. The molecule has 6 aromatic rings. The summed E-state index contributed by atoms with van der Waals surface area (Å²) in [5.74, 6) is 0.921. The SMILES string of the molecule is CN(C)CCOc1cc(F)cc(-c2cccc3[nH]c(-c4n[nH]c5ncc(-c6cncc(NCC7CCCC7)c6)cc45)cc23)c1. The van der Waals surface area contributed by atoms with Gasteiger partial charge in [0.1, 0.15) is 23.9 Å². The van der Waals surface area contributed by atoms with Crippen LogP contribution in [0.25, 0.3) is 55.6 Å². The number of benzene rings is 2. The third-order valence-corrected chi connectivity index (χ3v) is 8.47. The van der Waals surface area contributed by atoms with Crippen LogP contribution in [0.2, 0.25) is 0 Å². The maximum absolute atomic E-state index is 14.7. The van der Waals surface area contributed by atoms with Crippen LogP contribution in [0.1, 0.15) is 25.7 Å². The average Bonchev–Trinajstić information content (AvgIpc) is 3.79. The van der Waals surface area contributed by atoms with Gasteiger partial charge in [0, 0.05) is 65.2 Å². The van der Waals surface area contributed by atoms with E-state index in [0.717, 1.165) is 74.6 Å². The molecule has 1 fully saturated rings. The van der Waals surface area contributed by atoms with Gasteiger partial charge in [-0.1, -0.05) is 25.0 Å². The fourth-order valence-corrected chi connectivity index (χ4v) is 6.12. The van der Waals surface area contributed by atoms with Crippen molar-refractivity contribution in [3.63, 3.8) is 0 Å². The van der Waals surface area contributed by atoms with Gasteiger partial charge in [-0.3, -0.25) is 10.1 Å². The predicted molar refractivity (Wildman–Crippen MR) is 174 cm³/mol. The van der Waals surface area contributed by atoms with Crippen LogP contribution in [0.3, 0.4) is 0 Å². The Bertz CT molecular complexity index is 1920. The quantitative estimate of drug-likeness (QED) is 0.153. The van der Waals surface area contributed by atoms with E-state index in [-0.39, 0.29) is 5.82 Å². The maximum Gasteiger partial charge on any atom is 0.155 e. The Morgan fingerprint density at radius 3 is 2.68 bits per heavy atom. The Labute approximate surface area is 255 Å². The van der Waals surface area contributed by atoms with E-state index in [1.165, 1.54) is 31.7 Å². The van der Waals surface area contributed by atoms with Gasteiger partial charge >= 0.3 is 0 Å². The van der Waals surface area contributed by atoms with Gasteiger partial charge in [0.15, 0.2) is 5.65 Å². The second-order valence-electron chi connectivity index (χ2n) is 12.0. The molecule has 0 radical (unpaired) electrons. The first kappa shape index (κ1) is 28.0. The summed E-state index contributed by atoms with van der Waals surface area (Å²) in [4.78, 5) is 14.7. The number of nitrogens with zero attached hydrogens (tertiary/aromatic N) is 4. The van der Waals surface area contributed by atoms with Crippen LogP contribution in [0, 0.1) is 11.7 Å². The molecule has 8 nitrogen and oxygen atoms in total. The number of rotatable bonds is 10. The summed E-state index contributed by atoms with van der Waals surface area (Å²) in [6, 6.07) is 17.2. The van der Waals surface area contributed by atoms with Gasteiger partial charge in [0.05, 0.1) is 11.4 Å². The minimum Gasteiger partial charge on any atom is -0.492 e. The van der Waals surface area contributed by atoms with Gasteiger partial charge in [-0.25, -0.2) is 9.37 Å². The van der Waals surface area contributed by atoms with Crippen molar-refractivity contribution < 1.29 is 9.13 Å². The second-order valence-corrected chi connectivity index (χ2v) is 12.0. The van der Waals surface area contributed by atoms with E-state index in [9.17, 15) is 4.39 Å². The standard InChI is InChI=1S/C35H36FN7O/c1-43(2)10-11-44-28-14-23(12-26(36)16-28)29-8-5-9-32-30(29)17-33(40-32)34-31-15-25(20-39-35(31)42-41-34)24-13-27(21-37-19-24)38-18-22-6-3-4-7-22/h5,8-9,12-17,19-22,38,40H,3-4,6-7,10-11,18H2,1-2H3,(H,39,41,42). The fourth-order valence-electron chi connectivity index (χ4n) is 6.12. The molecule has 44 heavy (non-hydrogen) atoms. The molecule has 1 aliphatic carbocycles. The largest absolute Gasteiger partial charge is 0.492 e. The van der Waals surface area contributed by atoms with Crippen LogP contribution in [-0.4, -0.2) is 63.8 Å². The molecule has 4 heterocycles.